The zero-order chi connectivity index (χ0) is 6.69. The van der Waals surface area contributed by atoms with Crippen LogP contribution >= 0.6 is 57.3 Å². The van der Waals surface area contributed by atoms with Gasteiger partial charge in [-0.05, 0) is 6.26 Å². The van der Waals surface area contributed by atoms with Crippen LogP contribution in [0.4, 0.5) is 0 Å². The van der Waals surface area contributed by atoms with Crippen molar-refractivity contribution < 1.29 is 4.79 Å². The predicted molar refractivity (Wildman–Crippen MR) is 62.1 cm³/mol. The maximum Gasteiger partial charge on any atom is 0.158 e. The van der Waals surface area contributed by atoms with Gasteiger partial charge in [-0.3, -0.25) is 4.79 Å². The summed E-state index contributed by atoms with van der Waals surface area (Å²) in [7, 11) is 3.31. The van der Waals surface area contributed by atoms with Gasteiger partial charge in [0.2, 0.25) is 0 Å². The lowest BCUT2D eigenvalue weighted by Gasteiger charge is -1.90. The summed E-state index contributed by atoms with van der Waals surface area (Å²) in [6.45, 7) is 0. The fourth-order valence-corrected chi connectivity index (χ4v) is 4.24. The summed E-state index contributed by atoms with van der Waals surface area (Å²) >= 11 is 1.67. The lowest BCUT2D eigenvalue weighted by Crippen LogP contribution is -1.79. The van der Waals surface area contributed by atoms with Gasteiger partial charge in [-0.1, -0.05) is 21.6 Å². The summed E-state index contributed by atoms with van der Waals surface area (Å²) < 4.78 is 0. The molecule has 58 valence electrons. The van der Waals surface area contributed by atoms with E-state index < -0.39 is 0 Å². The molecule has 0 atom stereocenters. The summed E-state index contributed by atoms with van der Waals surface area (Å²) in [4.78, 5) is 12.4. The Kier molecular flexibility index (Phi) is 6.48. The number of allylic oxidation sites excluding steroid dienone is 1. The van der Waals surface area contributed by atoms with Gasteiger partial charge in [0.25, 0.3) is 0 Å². The quantitative estimate of drug-likeness (QED) is 0.443. The molecule has 1 aliphatic heterocycles. The summed E-state index contributed by atoms with van der Waals surface area (Å²) in [6.07, 6.45) is 2.95. The molecule has 0 aromatic carbocycles. The number of carbonyl (C=O) groups is 1. The molecule has 0 N–H and O–H groups in total. The molecule has 0 saturated carbocycles. The minimum Gasteiger partial charge on any atom is -0.297 e. The first-order valence-electron chi connectivity index (χ1n) is 2.40. The molecule has 0 saturated heterocycles. The monoisotopic (exact) mass is 306 g/mol. The number of aldehydes is 1. The number of hydrogen-bond acceptors (Lipinski definition) is 4. The molecule has 0 unspecified atom stereocenters. The first-order chi connectivity index (χ1) is 4.38. The van der Waals surface area contributed by atoms with Crippen molar-refractivity contribution in [2.24, 2.45) is 0 Å². The van der Waals surface area contributed by atoms with E-state index in [0.717, 1.165) is 16.9 Å². The van der Waals surface area contributed by atoms with Crippen LogP contribution < -0.4 is 0 Å². The van der Waals surface area contributed by atoms with E-state index in [9.17, 15) is 4.79 Å². The summed E-state index contributed by atoms with van der Waals surface area (Å²) in [6, 6.07) is 0. The van der Waals surface area contributed by atoms with Crippen molar-refractivity contribution in [3.8, 4) is 0 Å². The van der Waals surface area contributed by atoms with Crippen molar-refractivity contribution in [3.05, 3.63) is 9.81 Å². The fraction of sp³-hybridized carbons (Fsp3) is 0.400. The molecule has 10 heavy (non-hydrogen) atoms. The first kappa shape index (κ1) is 11.2. The first-order valence-corrected chi connectivity index (χ1v) is 5.94. The van der Waals surface area contributed by atoms with Crippen molar-refractivity contribution in [3.63, 3.8) is 0 Å². The van der Waals surface area contributed by atoms with Gasteiger partial charge in [0.05, 0.1) is 4.91 Å². The number of rotatable bonds is 2. The number of carbonyl (C=O) groups excluding carboxylic acids is 1. The molecular formula is C5H7IOS3. The lowest BCUT2D eigenvalue weighted by molar-refractivity contribution is -0.104. The second-order valence-corrected chi connectivity index (χ2v) is 4.69. The normalized spacial score (nSPS) is 16.9. The summed E-state index contributed by atoms with van der Waals surface area (Å²) in [5.41, 5.74) is 0. The molecule has 1 nitrogen and oxygen atoms in total. The van der Waals surface area contributed by atoms with Crippen LogP contribution in [0.1, 0.15) is 0 Å². The summed E-state index contributed by atoms with van der Waals surface area (Å²) in [5, 5.41) is 0. The highest BCUT2D eigenvalue weighted by Gasteiger charge is 2.13. The highest BCUT2D eigenvalue weighted by Crippen LogP contribution is 2.43. The van der Waals surface area contributed by atoms with E-state index in [1.807, 2.05) is 6.26 Å². The Hall–Kier alpha value is 1.19. The minimum atomic E-state index is 0. The molecule has 0 amide bonds. The van der Waals surface area contributed by atoms with Gasteiger partial charge in [0, 0.05) is 10.7 Å². The van der Waals surface area contributed by atoms with Crippen LogP contribution in [-0.2, 0) is 4.79 Å². The molecule has 0 bridgehead atoms. The van der Waals surface area contributed by atoms with Crippen LogP contribution in [0.5, 0.6) is 0 Å². The van der Waals surface area contributed by atoms with Crippen molar-refractivity contribution in [2.75, 3.05) is 12.0 Å². The predicted octanol–water partition coefficient (Wildman–Crippen LogP) is 2.77. The molecule has 5 heteroatoms. The Labute approximate surface area is 89.6 Å². The van der Waals surface area contributed by atoms with Crippen molar-refractivity contribution in [2.45, 2.75) is 0 Å². The van der Waals surface area contributed by atoms with Crippen LogP contribution in [0.2, 0.25) is 0 Å². The smallest absolute Gasteiger partial charge is 0.158 e. The second kappa shape index (κ2) is 5.79. The highest BCUT2D eigenvalue weighted by molar-refractivity contribution is 14.0. The molecular weight excluding hydrogens is 299 g/mol. The lowest BCUT2D eigenvalue weighted by atomic mass is 10.5. The molecule has 1 aliphatic rings. The third kappa shape index (κ3) is 2.67. The minimum absolute atomic E-state index is 0. The van der Waals surface area contributed by atoms with Crippen LogP contribution in [0.15, 0.2) is 9.81 Å². The number of hydrogen-bond donors (Lipinski definition) is 0. The van der Waals surface area contributed by atoms with E-state index in [-0.39, 0.29) is 24.0 Å². The molecule has 0 fully saturated rings. The Morgan fingerprint density at radius 1 is 1.70 bits per heavy atom. The van der Waals surface area contributed by atoms with Crippen molar-refractivity contribution in [1.82, 2.24) is 0 Å². The van der Waals surface area contributed by atoms with E-state index >= 15 is 0 Å². The maximum absolute atomic E-state index is 10.3. The third-order valence-corrected chi connectivity index (χ3v) is 4.43. The van der Waals surface area contributed by atoms with Gasteiger partial charge >= 0.3 is 0 Å². The largest absolute Gasteiger partial charge is 0.297 e. The Morgan fingerprint density at radius 2 is 2.40 bits per heavy atom. The average Bonchev–Trinajstić information content (AvgIpc) is 2.33. The summed E-state index contributed by atoms with van der Waals surface area (Å²) in [5.74, 6) is 1.000. The second-order valence-electron chi connectivity index (χ2n) is 1.45. The SMILES string of the molecule is CSC1=C(C=O)SSC1.I. The molecule has 1 heterocycles. The Bertz CT molecular complexity index is 157. The third-order valence-electron chi connectivity index (χ3n) is 0.967. The van der Waals surface area contributed by atoms with Crippen LogP contribution in [0.25, 0.3) is 0 Å². The van der Waals surface area contributed by atoms with Gasteiger partial charge in [0.15, 0.2) is 6.29 Å². The zero-order valence-corrected chi connectivity index (χ0v) is 10.1. The van der Waals surface area contributed by atoms with E-state index in [4.69, 9.17) is 0 Å². The number of thioether (sulfide) groups is 1. The molecule has 0 spiro atoms. The molecule has 0 aromatic heterocycles. The average molecular weight is 306 g/mol. The van der Waals surface area contributed by atoms with Gasteiger partial charge in [-0.25, -0.2) is 0 Å². The number of halogens is 1. The van der Waals surface area contributed by atoms with Crippen LogP contribution in [-0.4, -0.2) is 18.3 Å². The molecule has 1 rings (SSSR count). The fourth-order valence-electron chi connectivity index (χ4n) is 0.509. The molecule has 0 aliphatic carbocycles. The van der Waals surface area contributed by atoms with Crippen molar-refractivity contribution in [1.29, 1.82) is 0 Å². The molecule has 0 radical (unpaired) electrons. The van der Waals surface area contributed by atoms with Crippen LogP contribution in [0.3, 0.4) is 0 Å². The van der Waals surface area contributed by atoms with Gasteiger partial charge in [0.1, 0.15) is 0 Å². The van der Waals surface area contributed by atoms with Gasteiger partial charge < -0.3 is 0 Å². The van der Waals surface area contributed by atoms with E-state index in [1.165, 1.54) is 4.91 Å². The Balaban J connectivity index is 0.000000810. The van der Waals surface area contributed by atoms with Crippen molar-refractivity contribution >= 4 is 63.6 Å². The van der Waals surface area contributed by atoms with Crippen LogP contribution in [0, 0.1) is 0 Å². The Morgan fingerprint density at radius 3 is 2.80 bits per heavy atom. The van der Waals surface area contributed by atoms with E-state index in [0.29, 0.717) is 0 Å². The standard InChI is InChI=1S/C5H6OS3.HI/c1-7-5-3-8-9-4(5)2-6;/h2H,3H2,1H3;1H. The van der Waals surface area contributed by atoms with E-state index in [2.05, 4.69) is 0 Å². The zero-order valence-electron chi connectivity index (χ0n) is 5.33. The highest BCUT2D eigenvalue weighted by atomic mass is 127. The topological polar surface area (TPSA) is 17.1 Å². The van der Waals surface area contributed by atoms with E-state index in [1.54, 1.807) is 33.3 Å². The molecule has 0 aromatic rings. The maximum atomic E-state index is 10.3. The van der Waals surface area contributed by atoms with Gasteiger partial charge in [-0.2, -0.15) is 0 Å². The van der Waals surface area contributed by atoms with Gasteiger partial charge in [-0.15, -0.1) is 35.7 Å².